The van der Waals surface area contributed by atoms with Crippen molar-refractivity contribution in [2.24, 2.45) is 0 Å². The quantitative estimate of drug-likeness (QED) is 0.748. The van der Waals surface area contributed by atoms with Crippen molar-refractivity contribution in [3.63, 3.8) is 0 Å². The minimum Gasteiger partial charge on any atom is -0.480 e. The maximum Gasteiger partial charge on any atom is 0.401 e. The second-order valence-corrected chi connectivity index (χ2v) is 5.64. The monoisotopic (exact) mass is 282 g/mol. The largest absolute Gasteiger partial charge is 0.480 e. The van der Waals surface area contributed by atoms with Crippen LogP contribution in [0.5, 0.6) is 0 Å². The van der Waals surface area contributed by atoms with Crippen LogP contribution in [0.4, 0.5) is 13.2 Å². The van der Waals surface area contributed by atoms with E-state index in [1.165, 1.54) is 14.0 Å². The summed E-state index contributed by atoms with van der Waals surface area (Å²) in [5.41, 5.74) is -1.18. The van der Waals surface area contributed by atoms with Crippen molar-refractivity contribution in [1.82, 2.24) is 10.2 Å². The van der Waals surface area contributed by atoms with E-state index in [1.807, 2.05) is 0 Å². The molecule has 7 heteroatoms. The molecule has 0 amide bonds. The Kier molecular flexibility index (Phi) is 4.84. The maximum absolute atomic E-state index is 12.3. The Morgan fingerprint density at radius 1 is 1.47 bits per heavy atom. The molecule has 0 radical (unpaired) electrons. The van der Waals surface area contributed by atoms with Gasteiger partial charge in [-0.15, -0.1) is 0 Å². The van der Waals surface area contributed by atoms with Crippen LogP contribution in [-0.4, -0.2) is 53.4 Å². The summed E-state index contributed by atoms with van der Waals surface area (Å²) in [5, 5.41) is 12.3. The maximum atomic E-state index is 12.3. The molecular formula is C12H21F3N2O2. The molecule has 0 aromatic heterocycles. The van der Waals surface area contributed by atoms with Gasteiger partial charge in [0.1, 0.15) is 5.54 Å². The Morgan fingerprint density at radius 2 is 2.00 bits per heavy atom. The third-order valence-corrected chi connectivity index (χ3v) is 3.46. The van der Waals surface area contributed by atoms with Gasteiger partial charge in [0.25, 0.3) is 0 Å². The molecule has 19 heavy (non-hydrogen) atoms. The molecule has 4 nitrogen and oxygen atoms in total. The van der Waals surface area contributed by atoms with Crippen LogP contribution in [0.15, 0.2) is 0 Å². The summed E-state index contributed by atoms with van der Waals surface area (Å²) in [4.78, 5) is 12.5. The highest BCUT2D eigenvalue weighted by atomic mass is 19.4. The van der Waals surface area contributed by atoms with Crippen LogP contribution in [0.2, 0.25) is 0 Å². The van der Waals surface area contributed by atoms with Crippen molar-refractivity contribution in [3.05, 3.63) is 0 Å². The molecule has 0 bridgehead atoms. The van der Waals surface area contributed by atoms with E-state index in [-0.39, 0.29) is 12.5 Å². The van der Waals surface area contributed by atoms with E-state index in [2.05, 4.69) is 5.32 Å². The molecule has 112 valence electrons. The Balaban J connectivity index is 2.59. The molecule has 2 N–H and O–H groups in total. The highest BCUT2D eigenvalue weighted by Crippen LogP contribution is 2.26. The smallest absolute Gasteiger partial charge is 0.401 e. The molecule has 1 rings (SSSR count). The summed E-state index contributed by atoms with van der Waals surface area (Å²) in [6, 6.07) is -0.296. The first kappa shape index (κ1) is 16.2. The Labute approximate surface area is 111 Å². The average molecular weight is 282 g/mol. The van der Waals surface area contributed by atoms with E-state index in [1.54, 1.807) is 6.92 Å². The number of carbonyl (C=O) groups is 1. The number of carboxylic acids is 1. The standard InChI is InChI=1S/C12H21F3N2O2/c1-8(17(3)7-12(13,14)15)6-11(2,10(18)19)16-9-4-5-9/h8-9,16H,4-7H2,1-3H3,(H,18,19). The van der Waals surface area contributed by atoms with Gasteiger partial charge in [0.15, 0.2) is 0 Å². The van der Waals surface area contributed by atoms with Gasteiger partial charge in [-0.25, -0.2) is 0 Å². The van der Waals surface area contributed by atoms with Gasteiger partial charge < -0.3 is 5.11 Å². The molecule has 2 atom stereocenters. The number of nitrogens with zero attached hydrogens (tertiary/aromatic N) is 1. The van der Waals surface area contributed by atoms with Gasteiger partial charge in [-0.3, -0.25) is 15.0 Å². The van der Waals surface area contributed by atoms with E-state index in [0.29, 0.717) is 0 Å². The fourth-order valence-corrected chi connectivity index (χ4v) is 2.07. The number of alkyl halides is 3. The topological polar surface area (TPSA) is 52.6 Å². The Morgan fingerprint density at radius 3 is 2.37 bits per heavy atom. The molecule has 0 aromatic rings. The number of rotatable bonds is 7. The van der Waals surface area contributed by atoms with Gasteiger partial charge in [-0.1, -0.05) is 0 Å². The highest BCUT2D eigenvalue weighted by Gasteiger charge is 2.41. The predicted octanol–water partition coefficient (Wildman–Crippen LogP) is 1.85. The van der Waals surface area contributed by atoms with Crippen LogP contribution in [0.1, 0.15) is 33.1 Å². The summed E-state index contributed by atoms with van der Waals surface area (Å²) in [7, 11) is 1.36. The van der Waals surface area contributed by atoms with E-state index in [4.69, 9.17) is 0 Å². The summed E-state index contributed by atoms with van der Waals surface area (Å²) in [6.45, 7) is 2.11. The van der Waals surface area contributed by atoms with Crippen molar-refractivity contribution in [1.29, 1.82) is 0 Å². The van der Waals surface area contributed by atoms with Crippen LogP contribution >= 0.6 is 0 Å². The molecular weight excluding hydrogens is 261 g/mol. The SMILES string of the molecule is CC(CC(C)(NC1CC1)C(=O)O)N(C)CC(F)(F)F. The van der Waals surface area contributed by atoms with Gasteiger partial charge in [-0.2, -0.15) is 13.2 Å². The zero-order valence-electron chi connectivity index (χ0n) is 11.4. The van der Waals surface area contributed by atoms with E-state index in [9.17, 15) is 23.1 Å². The molecule has 1 aliphatic carbocycles. The zero-order chi connectivity index (χ0) is 14.8. The van der Waals surface area contributed by atoms with Crippen LogP contribution in [0.3, 0.4) is 0 Å². The summed E-state index contributed by atoms with van der Waals surface area (Å²) < 4.78 is 36.9. The molecule has 0 saturated heterocycles. The van der Waals surface area contributed by atoms with E-state index >= 15 is 0 Å². The lowest BCUT2D eigenvalue weighted by atomic mass is 9.93. The number of halogens is 3. The van der Waals surface area contributed by atoms with Crippen molar-refractivity contribution in [2.75, 3.05) is 13.6 Å². The van der Waals surface area contributed by atoms with Crippen LogP contribution in [0.25, 0.3) is 0 Å². The molecule has 1 fully saturated rings. The van der Waals surface area contributed by atoms with Crippen molar-refractivity contribution < 1.29 is 23.1 Å². The fraction of sp³-hybridized carbons (Fsp3) is 0.917. The lowest BCUT2D eigenvalue weighted by Gasteiger charge is -2.33. The number of hydrogen-bond donors (Lipinski definition) is 2. The van der Waals surface area contributed by atoms with Crippen molar-refractivity contribution >= 4 is 5.97 Å². The van der Waals surface area contributed by atoms with Gasteiger partial charge in [0, 0.05) is 12.1 Å². The minimum absolute atomic E-state index is 0.130. The molecule has 0 heterocycles. The summed E-state index contributed by atoms with van der Waals surface area (Å²) in [6.07, 6.45) is -2.29. The van der Waals surface area contributed by atoms with Gasteiger partial charge in [0.05, 0.1) is 6.54 Å². The minimum atomic E-state index is -4.27. The summed E-state index contributed by atoms with van der Waals surface area (Å²) in [5.74, 6) is -1.02. The summed E-state index contributed by atoms with van der Waals surface area (Å²) >= 11 is 0. The first-order valence-electron chi connectivity index (χ1n) is 6.31. The van der Waals surface area contributed by atoms with Crippen LogP contribution in [-0.2, 0) is 4.79 Å². The predicted molar refractivity (Wildman–Crippen MR) is 65.0 cm³/mol. The fourth-order valence-electron chi connectivity index (χ4n) is 2.07. The number of aliphatic carboxylic acids is 1. The molecule has 1 aliphatic rings. The first-order chi connectivity index (χ1) is 8.53. The molecule has 0 aliphatic heterocycles. The normalized spacial score (nSPS) is 21.2. The second kappa shape index (κ2) is 5.66. The Hall–Kier alpha value is -0.820. The van der Waals surface area contributed by atoms with E-state index < -0.39 is 30.3 Å². The van der Waals surface area contributed by atoms with E-state index in [0.717, 1.165) is 17.7 Å². The first-order valence-corrected chi connectivity index (χ1v) is 6.31. The molecule has 0 aromatic carbocycles. The number of hydrogen-bond acceptors (Lipinski definition) is 3. The van der Waals surface area contributed by atoms with Gasteiger partial charge in [0.2, 0.25) is 0 Å². The van der Waals surface area contributed by atoms with Crippen molar-refractivity contribution in [3.8, 4) is 0 Å². The lowest BCUT2D eigenvalue weighted by molar-refractivity contribution is -0.150. The highest BCUT2D eigenvalue weighted by molar-refractivity contribution is 5.78. The lowest BCUT2D eigenvalue weighted by Crippen LogP contribution is -2.54. The Bertz CT molecular complexity index is 331. The number of nitrogens with one attached hydrogen (secondary N) is 1. The van der Waals surface area contributed by atoms with Gasteiger partial charge >= 0.3 is 12.1 Å². The zero-order valence-corrected chi connectivity index (χ0v) is 11.4. The molecule has 1 saturated carbocycles. The van der Waals surface area contributed by atoms with Crippen LogP contribution < -0.4 is 5.32 Å². The average Bonchev–Trinajstić information content (AvgIpc) is 2.98. The van der Waals surface area contributed by atoms with Crippen molar-refractivity contribution in [2.45, 2.75) is 56.9 Å². The third-order valence-electron chi connectivity index (χ3n) is 3.46. The molecule has 2 unspecified atom stereocenters. The molecule has 0 spiro atoms. The second-order valence-electron chi connectivity index (χ2n) is 5.64. The van der Waals surface area contributed by atoms with Gasteiger partial charge in [-0.05, 0) is 40.2 Å². The van der Waals surface area contributed by atoms with Crippen LogP contribution in [0, 0.1) is 0 Å². The number of carboxylic acid groups (broad SMARTS) is 1. The third kappa shape index (κ3) is 5.36.